The van der Waals surface area contributed by atoms with Gasteiger partial charge < -0.3 is 10.6 Å². The number of anilines is 1. The maximum atomic E-state index is 13.1. The molecule has 0 aliphatic carbocycles. The first kappa shape index (κ1) is 18.7. The van der Waals surface area contributed by atoms with E-state index in [9.17, 15) is 14.4 Å². The van der Waals surface area contributed by atoms with E-state index in [0.29, 0.717) is 11.3 Å². The Morgan fingerprint density at radius 1 is 1.00 bits per heavy atom. The Morgan fingerprint density at radius 3 is 2.41 bits per heavy atom. The fourth-order valence-electron chi connectivity index (χ4n) is 3.52. The van der Waals surface area contributed by atoms with E-state index in [1.54, 1.807) is 19.1 Å². The van der Waals surface area contributed by atoms with Crippen molar-refractivity contribution in [3.8, 4) is 0 Å². The van der Waals surface area contributed by atoms with Crippen molar-refractivity contribution in [3.63, 3.8) is 0 Å². The lowest BCUT2D eigenvalue weighted by Gasteiger charge is -2.22. The first-order chi connectivity index (χ1) is 13.9. The lowest BCUT2D eigenvalue weighted by Crippen LogP contribution is -2.42. The molecule has 146 valence electrons. The number of benzene rings is 3. The van der Waals surface area contributed by atoms with Crippen LogP contribution < -0.4 is 10.6 Å². The predicted molar refractivity (Wildman–Crippen MR) is 111 cm³/mol. The van der Waals surface area contributed by atoms with Gasteiger partial charge in [0.15, 0.2) is 0 Å². The molecule has 0 aromatic heterocycles. The molecule has 3 aromatic rings. The Hall–Kier alpha value is -3.67. The quantitative estimate of drug-likeness (QED) is 0.672. The minimum atomic E-state index is -1.22. The van der Waals surface area contributed by atoms with Crippen LogP contribution in [0.5, 0.6) is 0 Å². The zero-order valence-electron chi connectivity index (χ0n) is 16.2. The van der Waals surface area contributed by atoms with E-state index in [4.69, 9.17) is 0 Å². The molecule has 4 rings (SSSR count). The molecule has 0 bridgehead atoms. The van der Waals surface area contributed by atoms with Crippen LogP contribution in [0.2, 0.25) is 0 Å². The zero-order valence-corrected chi connectivity index (χ0v) is 16.2. The average molecular weight is 387 g/mol. The number of hydrogen-bond acceptors (Lipinski definition) is 3. The summed E-state index contributed by atoms with van der Waals surface area (Å²) in [5.41, 5.74) is 1.15. The van der Waals surface area contributed by atoms with Crippen LogP contribution in [0.15, 0.2) is 66.7 Å². The molecule has 4 amide bonds. The highest BCUT2D eigenvalue weighted by molar-refractivity contribution is 6.10. The van der Waals surface area contributed by atoms with Crippen LogP contribution in [-0.2, 0) is 15.1 Å². The average Bonchev–Trinajstić information content (AvgIpc) is 2.93. The molecular weight excluding hydrogens is 366 g/mol. The van der Waals surface area contributed by atoms with Crippen LogP contribution in [0.25, 0.3) is 10.8 Å². The van der Waals surface area contributed by atoms with Gasteiger partial charge in [0.25, 0.3) is 5.91 Å². The number of imide groups is 1. The van der Waals surface area contributed by atoms with Crippen molar-refractivity contribution in [3.05, 3.63) is 77.9 Å². The summed E-state index contributed by atoms with van der Waals surface area (Å²) in [6.45, 7) is 3.27. The molecule has 1 fully saturated rings. The van der Waals surface area contributed by atoms with E-state index in [2.05, 4.69) is 10.6 Å². The van der Waals surface area contributed by atoms with E-state index >= 15 is 0 Å². The van der Waals surface area contributed by atoms with Crippen molar-refractivity contribution in [2.75, 3.05) is 11.9 Å². The second-order valence-corrected chi connectivity index (χ2v) is 7.42. The predicted octanol–water partition coefficient (Wildman–Crippen LogP) is 3.55. The van der Waals surface area contributed by atoms with Gasteiger partial charge in [-0.3, -0.25) is 14.5 Å². The van der Waals surface area contributed by atoms with Gasteiger partial charge in [-0.15, -0.1) is 0 Å². The summed E-state index contributed by atoms with van der Waals surface area (Å²) in [7, 11) is 0. The lowest BCUT2D eigenvalue weighted by atomic mass is 9.90. The Morgan fingerprint density at radius 2 is 1.69 bits per heavy atom. The second-order valence-electron chi connectivity index (χ2n) is 7.42. The number of nitrogens with zero attached hydrogens (tertiary/aromatic N) is 1. The maximum Gasteiger partial charge on any atom is 0.325 e. The summed E-state index contributed by atoms with van der Waals surface area (Å²) in [6.07, 6.45) is 0. The Bertz CT molecular complexity index is 1120. The molecule has 29 heavy (non-hydrogen) atoms. The van der Waals surface area contributed by atoms with Gasteiger partial charge in [-0.25, -0.2) is 4.79 Å². The van der Waals surface area contributed by atoms with Crippen molar-refractivity contribution >= 4 is 34.3 Å². The number of rotatable bonds is 4. The standard InChI is InChI=1S/C23H21N3O3/c1-15-7-11-19(12-8-15)24-20(27)14-26-21(28)23(2,25-22(26)29)18-10-9-16-5-3-4-6-17(16)13-18/h3-13H,14H2,1-2H3,(H,24,27)(H,25,29)/t23-/m0/s1. The van der Waals surface area contributed by atoms with Gasteiger partial charge in [0.1, 0.15) is 12.1 Å². The van der Waals surface area contributed by atoms with Gasteiger partial charge >= 0.3 is 6.03 Å². The molecule has 2 N–H and O–H groups in total. The molecule has 3 aromatic carbocycles. The molecule has 1 heterocycles. The Labute approximate surface area is 168 Å². The smallest absolute Gasteiger partial charge is 0.325 e. The highest BCUT2D eigenvalue weighted by atomic mass is 16.2. The zero-order chi connectivity index (χ0) is 20.6. The molecule has 1 atom stereocenters. The third-order valence-electron chi connectivity index (χ3n) is 5.24. The molecular formula is C23H21N3O3. The molecule has 6 nitrogen and oxygen atoms in total. The summed E-state index contributed by atoms with van der Waals surface area (Å²) < 4.78 is 0. The van der Waals surface area contributed by atoms with Crippen molar-refractivity contribution in [2.45, 2.75) is 19.4 Å². The van der Waals surface area contributed by atoms with E-state index in [0.717, 1.165) is 21.2 Å². The summed E-state index contributed by atoms with van der Waals surface area (Å²) in [5.74, 6) is -0.878. The highest BCUT2D eigenvalue weighted by Crippen LogP contribution is 2.31. The van der Waals surface area contributed by atoms with Crippen LogP contribution in [0.1, 0.15) is 18.1 Å². The monoisotopic (exact) mass is 387 g/mol. The molecule has 0 radical (unpaired) electrons. The Balaban J connectivity index is 1.54. The first-order valence-corrected chi connectivity index (χ1v) is 9.37. The summed E-state index contributed by atoms with van der Waals surface area (Å²) >= 11 is 0. The molecule has 0 unspecified atom stereocenters. The van der Waals surface area contributed by atoms with Crippen LogP contribution in [0, 0.1) is 6.92 Å². The van der Waals surface area contributed by atoms with Gasteiger partial charge in [0.2, 0.25) is 5.91 Å². The van der Waals surface area contributed by atoms with Crippen molar-refractivity contribution in [1.82, 2.24) is 10.2 Å². The van der Waals surface area contributed by atoms with Crippen LogP contribution in [0.3, 0.4) is 0 Å². The number of amides is 4. The van der Waals surface area contributed by atoms with Crippen LogP contribution in [-0.4, -0.2) is 29.3 Å². The van der Waals surface area contributed by atoms with Crippen molar-refractivity contribution < 1.29 is 14.4 Å². The van der Waals surface area contributed by atoms with E-state index < -0.39 is 23.4 Å². The molecule has 0 spiro atoms. The maximum absolute atomic E-state index is 13.1. The van der Waals surface area contributed by atoms with Gasteiger partial charge in [-0.1, -0.05) is 54.1 Å². The molecule has 6 heteroatoms. The minimum absolute atomic E-state index is 0.346. The molecule has 1 aliphatic rings. The second kappa shape index (κ2) is 7.05. The number of nitrogens with one attached hydrogen (secondary N) is 2. The summed E-state index contributed by atoms with van der Waals surface area (Å²) in [4.78, 5) is 38.9. The van der Waals surface area contributed by atoms with Gasteiger partial charge in [0, 0.05) is 5.69 Å². The van der Waals surface area contributed by atoms with E-state index in [1.807, 2.05) is 61.5 Å². The number of carbonyl (C=O) groups is 3. The van der Waals surface area contributed by atoms with E-state index in [-0.39, 0.29) is 6.54 Å². The van der Waals surface area contributed by atoms with Crippen molar-refractivity contribution in [1.29, 1.82) is 0 Å². The summed E-state index contributed by atoms with van der Waals surface area (Å²) in [6, 6.07) is 20.2. The number of aryl methyl sites for hydroxylation is 1. The topological polar surface area (TPSA) is 78.5 Å². The number of hydrogen-bond donors (Lipinski definition) is 2. The summed E-state index contributed by atoms with van der Waals surface area (Å²) in [5, 5.41) is 7.48. The minimum Gasteiger partial charge on any atom is -0.325 e. The fourth-order valence-corrected chi connectivity index (χ4v) is 3.52. The third kappa shape index (κ3) is 3.45. The van der Waals surface area contributed by atoms with Crippen molar-refractivity contribution in [2.24, 2.45) is 0 Å². The normalized spacial score (nSPS) is 18.8. The van der Waals surface area contributed by atoms with Gasteiger partial charge in [-0.2, -0.15) is 0 Å². The largest absolute Gasteiger partial charge is 0.325 e. The van der Waals surface area contributed by atoms with E-state index in [1.165, 1.54) is 0 Å². The first-order valence-electron chi connectivity index (χ1n) is 9.37. The SMILES string of the molecule is Cc1ccc(NC(=O)CN2C(=O)N[C@@](C)(c3ccc4ccccc4c3)C2=O)cc1. The number of carbonyl (C=O) groups excluding carboxylic acids is 3. The Kier molecular flexibility index (Phi) is 4.54. The number of fused-ring (bicyclic) bond motifs is 1. The molecule has 0 saturated carbocycles. The number of urea groups is 1. The lowest BCUT2D eigenvalue weighted by molar-refractivity contribution is -0.133. The molecule has 1 aliphatic heterocycles. The molecule has 1 saturated heterocycles. The van der Waals surface area contributed by atoms with Crippen LogP contribution >= 0.6 is 0 Å². The fraction of sp³-hybridized carbons (Fsp3) is 0.174. The van der Waals surface area contributed by atoms with Crippen LogP contribution in [0.4, 0.5) is 10.5 Å². The van der Waals surface area contributed by atoms with Gasteiger partial charge in [0.05, 0.1) is 0 Å². The highest BCUT2D eigenvalue weighted by Gasteiger charge is 2.49. The third-order valence-corrected chi connectivity index (χ3v) is 5.24. The van der Waals surface area contributed by atoms with Gasteiger partial charge in [-0.05, 0) is 48.4 Å².